The molecule has 45 heavy (non-hydrogen) atoms. The summed E-state index contributed by atoms with van der Waals surface area (Å²) in [6, 6.07) is 26.3. The lowest BCUT2D eigenvalue weighted by molar-refractivity contribution is -0.118. The average Bonchev–Trinajstić information content (AvgIpc) is 3.32. The van der Waals surface area contributed by atoms with Crippen molar-refractivity contribution in [2.45, 2.75) is 48.4 Å². The topological polar surface area (TPSA) is 118 Å². The van der Waals surface area contributed by atoms with E-state index >= 15 is 0 Å². The smallest absolute Gasteiger partial charge is 0.355 e. The number of benzene rings is 4. The van der Waals surface area contributed by atoms with Crippen LogP contribution in [0.4, 0.5) is 8.78 Å². The Bertz CT molecular complexity index is 1980. The molecule has 0 bridgehead atoms. The maximum atomic E-state index is 13.4. The number of hydrogen-bond acceptors (Lipinski definition) is 6. The Hall–Kier alpha value is -4.55. The molecule has 0 aliphatic rings. The molecule has 0 spiro atoms. The third-order valence-corrected chi connectivity index (χ3v) is 9.22. The summed E-state index contributed by atoms with van der Waals surface area (Å²) in [5.74, 6) is -4.46. The van der Waals surface area contributed by atoms with Gasteiger partial charge in [0, 0.05) is 18.5 Å². The van der Waals surface area contributed by atoms with Crippen LogP contribution in [-0.4, -0.2) is 40.7 Å². The maximum absolute atomic E-state index is 13.4. The second-order valence-electron chi connectivity index (χ2n) is 10.3. The predicted molar refractivity (Wildman–Crippen MR) is 169 cm³/mol. The fourth-order valence-corrected chi connectivity index (χ4v) is 6.97. The molecule has 0 saturated carbocycles. The van der Waals surface area contributed by atoms with E-state index in [4.69, 9.17) is 0 Å². The molecule has 232 valence electrons. The molecule has 0 fully saturated rings. The average molecular weight is 650 g/mol. The number of sulfonamides is 1. The number of carbonyl (C=O) groups excluding carboxylic acids is 1. The molecular formula is C33H29F2N3O5S2. The maximum Gasteiger partial charge on any atom is 0.355 e. The first-order valence-corrected chi connectivity index (χ1v) is 16.4. The molecule has 8 nitrogen and oxygen atoms in total. The highest BCUT2D eigenvalue weighted by Crippen LogP contribution is 2.31. The van der Waals surface area contributed by atoms with Crippen LogP contribution in [0.2, 0.25) is 0 Å². The summed E-state index contributed by atoms with van der Waals surface area (Å²) < 4.78 is 56.6. The third kappa shape index (κ3) is 7.40. The summed E-state index contributed by atoms with van der Waals surface area (Å²) in [4.78, 5) is 29.0. The van der Waals surface area contributed by atoms with E-state index in [9.17, 15) is 31.9 Å². The first kappa shape index (κ1) is 31.9. The van der Waals surface area contributed by atoms with Crippen LogP contribution in [0.5, 0.6) is 0 Å². The number of thioether (sulfide) groups is 1. The van der Waals surface area contributed by atoms with Gasteiger partial charge in [0.25, 0.3) is 15.8 Å². The van der Waals surface area contributed by atoms with E-state index in [0.717, 1.165) is 10.8 Å². The lowest BCUT2D eigenvalue weighted by Gasteiger charge is -2.13. The van der Waals surface area contributed by atoms with Crippen LogP contribution in [0, 0.1) is 0 Å². The summed E-state index contributed by atoms with van der Waals surface area (Å²) >= 11 is 0.100. The number of halogens is 2. The van der Waals surface area contributed by atoms with E-state index < -0.39 is 27.7 Å². The number of nitrogens with zero attached hydrogens (tertiary/aromatic N) is 2. The Balaban J connectivity index is 1.37. The molecule has 1 amide bonds. The van der Waals surface area contributed by atoms with Crippen molar-refractivity contribution < 1.29 is 31.9 Å². The summed E-state index contributed by atoms with van der Waals surface area (Å²) in [5.41, 5.74) is 1.95. The van der Waals surface area contributed by atoms with Gasteiger partial charge in [0.2, 0.25) is 5.91 Å². The van der Waals surface area contributed by atoms with Crippen molar-refractivity contribution in [2.75, 3.05) is 0 Å². The summed E-state index contributed by atoms with van der Waals surface area (Å²) in [5, 5.41) is 11.5. The van der Waals surface area contributed by atoms with Crippen molar-refractivity contribution in [1.29, 1.82) is 0 Å². The van der Waals surface area contributed by atoms with Gasteiger partial charge in [-0.2, -0.15) is 8.78 Å². The Morgan fingerprint density at radius 2 is 1.60 bits per heavy atom. The minimum absolute atomic E-state index is 0.0683. The minimum atomic E-state index is -4.23. The van der Waals surface area contributed by atoms with Crippen molar-refractivity contribution in [3.63, 3.8) is 0 Å². The van der Waals surface area contributed by atoms with E-state index in [2.05, 4.69) is 9.71 Å². The van der Waals surface area contributed by atoms with Crippen LogP contribution in [0.1, 0.15) is 40.8 Å². The molecule has 0 aliphatic carbocycles. The number of carboxylic acid groups (broad SMARTS) is 1. The number of imidazole rings is 1. The second-order valence-corrected chi connectivity index (χ2v) is 12.9. The standard InChI is InChI=1S/C33H29F2N3O5S2/c1-2-7-28-36-31(44-33(34)35)30(32(40)41)38(28)20-21-12-16-24(17-13-21)26-10-5-6-11-27(26)45(42,43)37-29(39)19-22-14-15-23-8-3-4-9-25(23)18-22/h3-6,8-18,33H,2,7,19-20H2,1H3,(H,37,39)(H,40,41). The lowest BCUT2D eigenvalue weighted by atomic mass is 10.0. The minimum Gasteiger partial charge on any atom is -0.476 e. The SMILES string of the molecule is CCCc1nc(SC(F)F)c(C(=O)O)n1Cc1ccc(-c2ccccc2S(=O)(=O)NC(=O)Cc2ccc3ccccc3c2)cc1. The van der Waals surface area contributed by atoms with Gasteiger partial charge in [-0.15, -0.1) is 0 Å². The zero-order valence-corrected chi connectivity index (χ0v) is 25.7. The van der Waals surface area contributed by atoms with Gasteiger partial charge in [0.05, 0.1) is 11.3 Å². The van der Waals surface area contributed by atoms with Crippen molar-refractivity contribution in [3.8, 4) is 11.1 Å². The lowest BCUT2D eigenvalue weighted by Crippen LogP contribution is -2.32. The number of alkyl halides is 2. The third-order valence-electron chi connectivity index (χ3n) is 7.10. The number of fused-ring (bicyclic) bond motifs is 1. The molecular weight excluding hydrogens is 621 g/mol. The normalized spacial score (nSPS) is 11.6. The van der Waals surface area contributed by atoms with E-state index in [1.165, 1.54) is 10.6 Å². The van der Waals surface area contributed by atoms with Crippen LogP contribution in [-0.2, 0) is 34.2 Å². The zero-order valence-electron chi connectivity index (χ0n) is 24.1. The second kappa shape index (κ2) is 13.6. The molecule has 1 heterocycles. The zero-order chi connectivity index (χ0) is 32.1. The monoisotopic (exact) mass is 649 g/mol. The van der Waals surface area contributed by atoms with Crippen LogP contribution >= 0.6 is 11.8 Å². The van der Waals surface area contributed by atoms with Gasteiger partial charge < -0.3 is 9.67 Å². The number of hydrogen-bond donors (Lipinski definition) is 2. The predicted octanol–water partition coefficient (Wildman–Crippen LogP) is 6.76. The molecule has 5 aromatic rings. The molecule has 1 aromatic heterocycles. The highest BCUT2D eigenvalue weighted by molar-refractivity contribution is 7.99. The van der Waals surface area contributed by atoms with Crippen LogP contribution in [0.15, 0.2) is 101 Å². The first-order valence-electron chi connectivity index (χ1n) is 14.0. The molecule has 12 heteroatoms. The summed E-state index contributed by atoms with van der Waals surface area (Å²) in [6.07, 6.45) is 0.920. The van der Waals surface area contributed by atoms with Gasteiger partial charge in [0.15, 0.2) is 5.69 Å². The number of carbonyl (C=O) groups is 2. The quantitative estimate of drug-likeness (QED) is 0.143. The number of aromatic carboxylic acids is 1. The molecule has 5 rings (SSSR count). The van der Waals surface area contributed by atoms with E-state index in [0.29, 0.717) is 40.9 Å². The Kier molecular flexibility index (Phi) is 9.64. The first-order chi connectivity index (χ1) is 21.6. The molecule has 0 saturated heterocycles. The van der Waals surface area contributed by atoms with Gasteiger partial charge in [-0.05, 0) is 51.7 Å². The van der Waals surface area contributed by atoms with Gasteiger partial charge >= 0.3 is 5.97 Å². The van der Waals surface area contributed by atoms with Gasteiger partial charge in [0.1, 0.15) is 10.9 Å². The molecule has 0 radical (unpaired) electrons. The fourth-order valence-electron chi connectivity index (χ4n) is 5.12. The van der Waals surface area contributed by atoms with Crippen LogP contribution in [0.25, 0.3) is 21.9 Å². The largest absolute Gasteiger partial charge is 0.476 e. The van der Waals surface area contributed by atoms with Crippen molar-refractivity contribution in [1.82, 2.24) is 14.3 Å². The van der Waals surface area contributed by atoms with Crippen LogP contribution < -0.4 is 4.72 Å². The van der Waals surface area contributed by atoms with E-state index in [1.54, 1.807) is 48.5 Å². The number of aryl methyl sites for hydroxylation is 1. The number of nitrogens with one attached hydrogen (secondary N) is 1. The Morgan fingerprint density at radius 1 is 0.933 bits per heavy atom. The Morgan fingerprint density at radius 3 is 2.29 bits per heavy atom. The Labute approximate surface area is 263 Å². The molecule has 0 unspecified atom stereocenters. The summed E-state index contributed by atoms with van der Waals surface area (Å²) in [6.45, 7) is 1.95. The van der Waals surface area contributed by atoms with E-state index in [-0.39, 0.29) is 40.3 Å². The fraction of sp³-hybridized carbons (Fsp3) is 0.182. The number of amides is 1. The van der Waals surface area contributed by atoms with Gasteiger partial charge in [-0.3, -0.25) is 4.79 Å². The van der Waals surface area contributed by atoms with Crippen molar-refractivity contribution in [2.24, 2.45) is 0 Å². The van der Waals surface area contributed by atoms with E-state index in [1.807, 2.05) is 43.3 Å². The molecule has 2 N–H and O–H groups in total. The number of carboxylic acids is 1. The van der Waals surface area contributed by atoms with Gasteiger partial charge in [-0.1, -0.05) is 91.9 Å². The van der Waals surface area contributed by atoms with Gasteiger partial charge in [-0.25, -0.2) is 22.9 Å². The molecule has 4 aromatic carbocycles. The number of aromatic nitrogens is 2. The van der Waals surface area contributed by atoms with Crippen molar-refractivity contribution in [3.05, 3.63) is 114 Å². The number of rotatable bonds is 12. The highest BCUT2D eigenvalue weighted by Gasteiger charge is 2.26. The highest BCUT2D eigenvalue weighted by atomic mass is 32.2. The van der Waals surface area contributed by atoms with Crippen LogP contribution in [0.3, 0.4) is 0 Å². The molecule has 0 atom stereocenters. The molecule has 0 aliphatic heterocycles. The van der Waals surface area contributed by atoms with Crippen molar-refractivity contribution >= 4 is 44.4 Å². The summed E-state index contributed by atoms with van der Waals surface area (Å²) in [7, 11) is -4.23.